The second kappa shape index (κ2) is 4.84. The van der Waals surface area contributed by atoms with E-state index in [9.17, 15) is 0 Å². The normalized spacial score (nSPS) is 39.6. The van der Waals surface area contributed by atoms with E-state index in [0.29, 0.717) is 5.54 Å². The van der Waals surface area contributed by atoms with Crippen molar-refractivity contribution in [1.82, 2.24) is 10.6 Å². The largest absolute Gasteiger partial charge is 0.312 e. The maximum atomic E-state index is 3.76. The summed E-state index contributed by atoms with van der Waals surface area (Å²) < 4.78 is 0. The van der Waals surface area contributed by atoms with Gasteiger partial charge < -0.3 is 10.6 Å². The van der Waals surface area contributed by atoms with Gasteiger partial charge in [-0.05, 0) is 44.6 Å². The third kappa shape index (κ3) is 2.73. The zero-order valence-electron chi connectivity index (χ0n) is 10.3. The van der Waals surface area contributed by atoms with E-state index in [4.69, 9.17) is 0 Å². The fraction of sp³-hybridized carbons (Fsp3) is 1.00. The van der Waals surface area contributed by atoms with Gasteiger partial charge in [0.2, 0.25) is 0 Å². The summed E-state index contributed by atoms with van der Waals surface area (Å²) in [4.78, 5) is 0. The maximum Gasteiger partial charge on any atom is 0.0304 e. The van der Waals surface area contributed by atoms with Crippen LogP contribution in [0.5, 0.6) is 0 Å². The first-order chi connectivity index (χ1) is 7.29. The molecular weight excluding hydrogens is 184 g/mol. The first-order valence-electron chi connectivity index (χ1n) is 6.78. The molecule has 2 heteroatoms. The summed E-state index contributed by atoms with van der Waals surface area (Å²) in [5, 5.41) is 7.45. The molecule has 2 nitrogen and oxygen atoms in total. The molecule has 3 unspecified atom stereocenters. The van der Waals surface area contributed by atoms with E-state index in [-0.39, 0.29) is 0 Å². The zero-order valence-corrected chi connectivity index (χ0v) is 10.3. The van der Waals surface area contributed by atoms with Gasteiger partial charge >= 0.3 is 0 Å². The summed E-state index contributed by atoms with van der Waals surface area (Å²) in [6, 6.07) is 0.843. The van der Waals surface area contributed by atoms with E-state index in [0.717, 1.165) is 12.0 Å². The van der Waals surface area contributed by atoms with Crippen molar-refractivity contribution in [2.24, 2.45) is 5.92 Å². The van der Waals surface area contributed by atoms with Crippen LogP contribution in [0.15, 0.2) is 0 Å². The highest BCUT2D eigenvalue weighted by Crippen LogP contribution is 2.35. The molecule has 1 saturated heterocycles. The quantitative estimate of drug-likeness (QED) is 0.703. The fourth-order valence-corrected chi connectivity index (χ4v) is 2.96. The van der Waals surface area contributed by atoms with Crippen molar-refractivity contribution >= 4 is 0 Å². The van der Waals surface area contributed by atoms with E-state index in [1.165, 1.54) is 51.6 Å². The molecule has 3 atom stereocenters. The number of hydrogen-bond acceptors (Lipinski definition) is 2. The molecular formula is C13H26N2. The Morgan fingerprint density at radius 1 is 1.40 bits per heavy atom. The summed E-state index contributed by atoms with van der Waals surface area (Å²) >= 11 is 0. The first-order valence-corrected chi connectivity index (χ1v) is 6.78. The minimum atomic E-state index is 0.430. The molecule has 88 valence electrons. The van der Waals surface area contributed by atoms with E-state index in [1.807, 2.05) is 0 Å². The minimum absolute atomic E-state index is 0.430. The number of nitrogens with one attached hydrogen (secondary N) is 2. The fourth-order valence-electron chi connectivity index (χ4n) is 2.96. The molecule has 0 bridgehead atoms. The van der Waals surface area contributed by atoms with Crippen LogP contribution in [0.2, 0.25) is 0 Å². The van der Waals surface area contributed by atoms with Crippen molar-refractivity contribution in [3.8, 4) is 0 Å². The molecule has 0 amide bonds. The summed E-state index contributed by atoms with van der Waals surface area (Å²) in [6.45, 7) is 7.02. The van der Waals surface area contributed by atoms with Crippen molar-refractivity contribution in [2.45, 2.75) is 64.0 Å². The first kappa shape index (κ1) is 11.4. The SMILES string of the molecule is CCCC1CC1NCC1(CC)CCCN1. The van der Waals surface area contributed by atoms with Gasteiger partial charge in [0, 0.05) is 18.1 Å². The van der Waals surface area contributed by atoms with Crippen molar-refractivity contribution in [2.75, 3.05) is 13.1 Å². The highest BCUT2D eigenvalue weighted by Gasteiger charge is 2.38. The summed E-state index contributed by atoms with van der Waals surface area (Å²) in [6.07, 6.45) is 8.18. The number of rotatable bonds is 6. The van der Waals surface area contributed by atoms with Gasteiger partial charge in [-0.25, -0.2) is 0 Å². The van der Waals surface area contributed by atoms with Gasteiger partial charge in [0.1, 0.15) is 0 Å². The van der Waals surface area contributed by atoms with Gasteiger partial charge in [0.05, 0.1) is 0 Å². The van der Waals surface area contributed by atoms with Crippen molar-refractivity contribution in [3.63, 3.8) is 0 Å². The second-order valence-electron chi connectivity index (χ2n) is 5.44. The van der Waals surface area contributed by atoms with Crippen LogP contribution in [0, 0.1) is 5.92 Å². The molecule has 1 heterocycles. The van der Waals surface area contributed by atoms with Gasteiger partial charge in [-0.3, -0.25) is 0 Å². The van der Waals surface area contributed by atoms with Crippen LogP contribution < -0.4 is 10.6 Å². The van der Waals surface area contributed by atoms with Gasteiger partial charge in [0.25, 0.3) is 0 Å². The summed E-state index contributed by atoms with van der Waals surface area (Å²) in [5.74, 6) is 0.991. The lowest BCUT2D eigenvalue weighted by Crippen LogP contribution is -2.48. The smallest absolute Gasteiger partial charge is 0.0304 e. The van der Waals surface area contributed by atoms with Gasteiger partial charge in [-0.2, -0.15) is 0 Å². The summed E-state index contributed by atoms with van der Waals surface area (Å²) in [7, 11) is 0. The predicted octanol–water partition coefficient (Wildman–Crippen LogP) is 2.30. The molecule has 2 fully saturated rings. The highest BCUT2D eigenvalue weighted by molar-refractivity contribution is 4.99. The van der Waals surface area contributed by atoms with E-state index < -0.39 is 0 Å². The van der Waals surface area contributed by atoms with Crippen LogP contribution in [0.25, 0.3) is 0 Å². The lowest BCUT2D eigenvalue weighted by atomic mass is 9.94. The number of hydrogen-bond donors (Lipinski definition) is 2. The van der Waals surface area contributed by atoms with Crippen LogP contribution in [-0.4, -0.2) is 24.7 Å². The second-order valence-corrected chi connectivity index (χ2v) is 5.44. The van der Waals surface area contributed by atoms with Gasteiger partial charge in [-0.15, -0.1) is 0 Å². The average molecular weight is 210 g/mol. The highest BCUT2D eigenvalue weighted by atomic mass is 15.1. The Morgan fingerprint density at radius 2 is 2.27 bits per heavy atom. The summed E-state index contributed by atoms with van der Waals surface area (Å²) in [5.41, 5.74) is 0.430. The van der Waals surface area contributed by atoms with E-state index in [2.05, 4.69) is 24.5 Å². The third-order valence-corrected chi connectivity index (χ3v) is 4.29. The molecule has 2 N–H and O–H groups in total. The molecule has 0 aromatic heterocycles. The van der Waals surface area contributed by atoms with Crippen LogP contribution in [0.1, 0.15) is 52.4 Å². The molecule has 0 radical (unpaired) electrons. The van der Waals surface area contributed by atoms with Crippen LogP contribution >= 0.6 is 0 Å². The minimum Gasteiger partial charge on any atom is -0.312 e. The molecule has 1 aliphatic heterocycles. The Balaban J connectivity index is 1.69. The monoisotopic (exact) mass is 210 g/mol. The average Bonchev–Trinajstić information content (AvgIpc) is 2.83. The van der Waals surface area contributed by atoms with Crippen LogP contribution in [0.4, 0.5) is 0 Å². The molecule has 15 heavy (non-hydrogen) atoms. The molecule has 1 aliphatic carbocycles. The molecule has 2 rings (SSSR count). The molecule has 2 aliphatic rings. The van der Waals surface area contributed by atoms with Crippen LogP contribution in [0.3, 0.4) is 0 Å². The maximum absolute atomic E-state index is 3.76. The Kier molecular flexibility index (Phi) is 3.68. The Morgan fingerprint density at radius 3 is 2.87 bits per heavy atom. The van der Waals surface area contributed by atoms with E-state index in [1.54, 1.807) is 0 Å². The topological polar surface area (TPSA) is 24.1 Å². The van der Waals surface area contributed by atoms with Crippen molar-refractivity contribution < 1.29 is 0 Å². The van der Waals surface area contributed by atoms with Crippen molar-refractivity contribution in [1.29, 1.82) is 0 Å². The van der Waals surface area contributed by atoms with Crippen molar-refractivity contribution in [3.05, 3.63) is 0 Å². The Bertz CT molecular complexity index is 197. The Labute approximate surface area is 94.2 Å². The zero-order chi connectivity index (χ0) is 10.7. The molecule has 1 saturated carbocycles. The Hall–Kier alpha value is -0.0800. The van der Waals surface area contributed by atoms with Gasteiger partial charge in [0.15, 0.2) is 0 Å². The van der Waals surface area contributed by atoms with Crippen LogP contribution in [-0.2, 0) is 0 Å². The molecule has 0 aromatic carbocycles. The molecule has 0 spiro atoms. The molecule has 0 aromatic rings. The van der Waals surface area contributed by atoms with E-state index >= 15 is 0 Å². The predicted molar refractivity (Wildman–Crippen MR) is 65.1 cm³/mol. The standard InChI is InChI=1S/C13H26N2/c1-3-6-11-9-12(11)14-10-13(4-2)7-5-8-15-13/h11-12,14-15H,3-10H2,1-2H3. The lowest BCUT2D eigenvalue weighted by molar-refractivity contribution is 0.336. The van der Waals surface area contributed by atoms with Gasteiger partial charge in [-0.1, -0.05) is 20.3 Å². The lowest BCUT2D eigenvalue weighted by Gasteiger charge is -2.28. The third-order valence-electron chi connectivity index (χ3n) is 4.29.